The Balaban J connectivity index is 1.29. The van der Waals surface area contributed by atoms with Gasteiger partial charge in [0, 0.05) is 44.1 Å². The van der Waals surface area contributed by atoms with E-state index in [1.165, 1.54) is 0 Å². The highest BCUT2D eigenvalue weighted by atomic mass is 16.6. The van der Waals surface area contributed by atoms with Gasteiger partial charge in [0.2, 0.25) is 0 Å². The molecule has 2 amide bonds. The monoisotopic (exact) mass is 659 g/mol. The molecule has 3 fully saturated rings. The third-order valence-electron chi connectivity index (χ3n) is 9.31. The first-order valence-electron chi connectivity index (χ1n) is 17.1. The maximum absolute atomic E-state index is 14.2. The van der Waals surface area contributed by atoms with Crippen molar-refractivity contribution in [2.45, 2.75) is 90.6 Å². The quantitative estimate of drug-likeness (QED) is 0.356. The van der Waals surface area contributed by atoms with Crippen LogP contribution < -0.4 is 14.5 Å². The second-order valence-corrected chi connectivity index (χ2v) is 15.2. The molecule has 1 atom stereocenters. The summed E-state index contributed by atoms with van der Waals surface area (Å²) in [7, 11) is 0. The predicted molar refractivity (Wildman–Crippen MR) is 184 cm³/mol. The van der Waals surface area contributed by atoms with E-state index < -0.39 is 23.4 Å². The molecule has 0 radical (unpaired) electrons. The molecule has 0 spiro atoms. The van der Waals surface area contributed by atoms with E-state index in [1.807, 2.05) is 66.7 Å². The minimum absolute atomic E-state index is 0.231. The lowest BCUT2D eigenvalue weighted by atomic mass is 9.87. The molecule has 11 nitrogen and oxygen atoms in total. The number of hydrogen-bond acceptors (Lipinski definition) is 9. The van der Waals surface area contributed by atoms with E-state index in [9.17, 15) is 9.59 Å². The van der Waals surface area contributed by atoms with Gasteiger partial charge in [0.25, 0.3) is 0 Å². The van der Waals surface area contributed by atoms with Crippen LogP contribution in [0.3, 0.4) is 0 Å². The first-order chi connectivity index (χ1) is 22.7. The lowest BCUT2D eigenvalue weighted by Crippen LogP contribution is -2.62. The van der Waals surface area contributed by atoms with E-state index in [2.05, 4.69) is 15.7 Å². The smallest absolute Gasteiger partial charge is 0.420 e. The van der Waals surface area contributed by atoms with Gasteiger partial charge in [0.1, 0.15) is 17.3 Å². The summed E-state index contributed by atoms with van der Waals surface area (Å²) >= 11 is 0. The number of benzene rings is 1. The maximum Gasteiger partial charge on any atom is 0.420 e. The van der Waals surface area contributed by atoms with Gasteiger partial charge >= 0.3 is 12.2 Å². The zero-order valence-corrected chi connectivity index (χ0v) is 29.4. The van der Waals surface area contributed by atoms with Crippen LogP contribution in [0.1, 0.15) is 90.0 Å². The Bertz CT molecular complexity index is 1570. The number of amides is 2. The van der Waals surface area contributed by atoms with Gasteiger partial charge in [-0.1, -0.05) is 5.92 Å². The van der Waals surface area contributed by atoms with Crippen LogP contribution in [0.5, 0.6) is 5.75 Å². The van der Waals surface area contributed by atoms with Crippen molar-refractivity contribution in [2.75, 3.05) is 62.3 Å². The first kappa shape index (κ1) is 33.9. The molecule has 4 aliphatic heterocycles. The van der Waals surface area contributed by atoms with Crippen molar-refractivity contribution < 1.29 is 28.5 Å². The van der Waals surface area contributed by atoms with Gasteiger partial charge in [-0.15, -0.1) is 6.42 Å². The maximum atomic E-state index is 14.2. The third kappa shape index (κ3) is 7.06. The molecule has 4 aliphatic rings. The molecular weight excluding hydrogens is 610 g/mol. The fourth-order valence-electron chi connectivity index (χ4n) is 6.97. The number of carbonyl (C=O) groups is 2. The van der Waals surface area contributed by atoms with Crippen LogP contribution in [0.2, 0.25) is 0 Å². The summed E-state index contributed by atoms with van der Waals surface area (Å²) in [6, 6.07) is 6.38. The number of ether oxygens (including phenoxy) is 4. The second kappa shape index (κ2) is 13.1. The van der Waals surface area contributed by atoms with Crippen LogP contribution in [-0.4, -0.2) is 96.7 Å². The summed E-state index contributed by atoms with van der Waals surface area (Å²) < 4.78 is 23.8. The highest BCUT2D eigenvalue weighted by Gasteiger charge is 2.40. The van der Waals surface area contributed by atoms with Crippen molar-refractivity contribution in [3.8, 4) is 18.1 Å². The average molecular weight is 660 g/mol. The van der Waals surface area contributed by atoms with Gasteiger partial charge in [-0.2, -0.15) is 0 Å². The zero-order chi connectivity index (χ0) is 34.4. The number of hydrogen-bond donors (Lipinski definition) is 0. The molecule has 2 aromatic rings. The van der Waals surface area contributed by atoms with Gasteiger partial charge in [0.05, 0.1) is 30.0 Å². The highest BCUT2D eigenvalue weighted by Crippen LogP contribution is 2.49. The van der Waals surface area contributed by atoms with Crippen molar-refractivity contribution in [2.24, 2.45) is 0 Å². The Morgan fingerprint density at radius 1 is 0.938 bits per heavy atom. The largest absolute Gasteiger partial charge is 0.482 e. The molecule has 0 N–H and O–H groups in total. The van der Waals surface area contributed by atoms with E-state index in [4.69, 9.17) is 30.4 Å². The summed E-state index contributed by atoms with van der Waals surface area (Å²) in [4.78, 5) is 39.5. The third-order valence-corrected chi connectivity index (χ3v) is 9.31. The SMILES string of the molecule is C#Cc1cc(C2CCN(C3CN(C(=O)OC(C)(C)C)C3)CC2)cc2c1OC(C)c1c(N3CCOCC3)ccnc1N2C(=O)OC(C)(C)C. The summed E-state index contributed by atoms with van der Waals surface area (Å²) in [5, 5.41) is 0. The van der Waals surface area contributed by atoms with Crippen LogP contribution in [0.25, 0.3) is 0 Å². The number of piperidine rings is 1. The summed E-state index contributed by atoms with van der Waals surface area (Å²) in [5.74, 6) is 4.04. The van der Waals surface area contributed by atoms with E-state index in [1.54, 1.807) is 16.0 Å². The fourth-order valence-corrected chi connectivity index (χ4v) is 6.97. The molecule has 258 valence electrons. The predicted octanol–water partition coefficient (Wildman–Crippen LogP) is 6.22. The number of nitrogens with zero attached hydrogens (tertiary/aromatic N) is 5. The Labute approximate surface area is 284 Å². The number of carbonyl (C=O) groups excluding carboxylic acids is 2. The van der Waals surface area contributed by atoms with E-state index in [0.29, 0.717) is 55.2 Å². The normalized spacial score (nSPS) is 20.9. The Morgan fingerprint density at radius 2 is 1.58 bits per heavy atom. The minimum atomic E-state index is -0.738. The van der Waals surface area contributed by atoms with Crippen molar-refractivity contribution in [1.29, 1.82) is 0 Å². The summed E-state index contributed by atoms with van der Waals surface area (Å²) in [6.07, 6.45) is 8.51. The van der Waals surface area contributed by atoms with Crippen LogP contribution in [0, 0.1) is 12.3 Å². The van der Waals surface area contributed by atoms with Gasteiger partial charge in [0.15, 0.2) is 11.6 Å². The van der Waals surface area contributed by atoms with Crippen molar-refractivity contribution in [3.05, 3.63) is 41.1 Å². The number of rotatable bonds is 3. The van der Waals surface area contributed by atoms with E-state index >= 15 is 0 Å². The van der Waals surface area contributed by atoms with Crippen LogP contribution in [0.4, 0.5) is 26.8 Å². The van der Waals surface area contributed by atoms with Crippen molar-refractivity contribution >= 4 is 29.4 Å². The fraction of sp³-hybridized carbons (Fsp3) is 0.595. The van der Waals surface area contributed by atoms with Crippen molar-refractivity contribution in [3.63, 3.8) is 0 Å². The lowest BCUT2D eigenvalue weighted by molar-refractivity contribution is -0.0196. The lowest BCUT2D eigenvalue weighted by Gasteiger charge is -2.47. The highest BCUT2D eigenvalue weighted by molar-refractivity contribution is 5.99. The standard InChI is InChI=1S/C37H49N5O6/c1-9-25-20-27(26-11-14-39(15-12-26)28-22-41(23-28)34(43)47-36(3,4)5)21-30-32(25)46-24(2)31-29(40-16-18-45-19-17-40)10-13-38-33(31)42(30)35(44)48-37(6,7)8/h1,10,13,20-21,24,26,28H,11-12,14-19,22-23H2,2-8H3. The number of aromatic nitrogens is 1. The summed E-state index contributed by atoms with van der Waals surface area (Å²) in [6.45, 7) is 19.0. The minimum Gasteiger partial charge on any atom is -0.482 e. The van der Waals surface area contributed by atoms with Crippen LogP contribution in [0.15, 0.2) is 24.4 Å². The molecule has 0 aliphatic carbocycles. The molecule has 3 saturated heterocycles. The number of fused-ring (bicyclic) bond motifs is 2. The topological polar surface area (TPSA) is 96.9 Å². The molecule has 5 heterocycles. The van der Waals surface area contributed by atoms with E-state index in [0.717, 1.165) is 55.8 Å². The molecule has 0 bridgehead atoms. The van der Waals surface area contributed by atoms with Gasteiger partial charge in [-0.25, -0.2) is 19.5 Å². The molecule has 1 unspecified atom stereocenters. The summed E-state index contributed by atoms with van der Waals surface area (Å²) in [5.41, 5.74) is 2.71. The molecule has 1 aromatic heterocycles. The van der Waals surface area contributed by atoms with Crippen molar-refractivity contribution in [1.82, 2.24) is 14.8 Å². The van der Waals surface area contributed by atoms with Gasteiger partial charge in [-0.3, -0.25) is 4.90 Å². The van der Waals surface area contributed by atoms with Crippen LogP contribution >= 0.6 is 0 Å². The molecule has 11 heteroatoms. The van der Waals surface area contributed by atoms with Gasteiger partial charge < -0.3 is 28.7 Å². The van der Waals surface area contributed by atoms with Gasteiger partial charge in [-0.05, 0) is 104 Å². The molecular formula is C37H49N5O6. The molecule has 1 aromatic carbocycles. The number of morpholine rings is 1. The number of likely N-dealkylation sites (tertiary alicyclic amines) is 2. The average Bonchev–Trinajstić information content (AvgIpc) is 3.12. The van der Waals surface area contributed by atoms with Crippen LogP contribution in [-0.2, 0) is 14.2 Å². The molecule has 6 rings (SSSR count). The number of anilines is 3. The Morgan fingerprint density at radius 3 is 2.21 bits per heavy atom. The number of terminal acetylenes is 1. The van der Waals surface area contributed by atoms with E-state index in [-0.39, 0.29) is 12.0 Å². The number of pyridine rings is 1. The first-order valence-corrected chi connectivity index (χ1v) is 17.1. The zero-order valence-electron chi connectivity index (χ0n) is 29.4. The second-order valence-electron chi connectivity index (χ2n) is 15.2. The Kier molecular flexibility index (Phi) is 9.26. The molecule has 48 heavy (non-hydrogen) atoms. The molecule has 0 saturated carbocycles. The Hall–Kier alpha value is -4.01.